The smallest absolute Gasteiger partial charge is 0.246 e. The highest BCUT2D eigenvalue weighted by molar-refractivity contribution is 7.89. The number of benzene rings is 1. The summed E-state index contributed by atoms with van der Waals surface area (Å²) in [7, 11) is -3.62. The van der Waals surface area contributed by atoms with E-state index in [-0.39, 0.29) is 17.1 Å². The van der Waals surface area contributed by atoms with E-state index in [0.29, 0.717) is 12.5 Å². The Kier molecular flexibility index (Phi) is 4.07. The van der Waals surface area contributed by atoms with Gasteiger partial charge in [0.25, 0.3) is 0 Å². The minimum absolute atomic E-state index is 0.0885. The molecule has 1 saturated carbocycles. The maximum Gasteiger partial charge on any atom is 0.246 e. The van der Waals surface area contributed by atoms with Crippen LogP contribution in [0.4, 0.5) is 5.69 Å². The molecule has 1 aromatic carbocycles. The molecule has 1 aliphatic carbocycles. The van der Waals surface area contributed by atoms with Gasteiger partial charge in [0.05, 0.1) is 12.2 Å². The molecule has 4 nitrogen and oxygen atoms in total. The van der Waals surface area contributed by atoms with Gasteiger partial charge in [0, 0.05) is 6.54 Å². The highest BCUT2D eigenvalue weighted by Crippen LogP contribution is 2.33. The van der Waals surface area contributed by atoms with Gasteiger partial charge in [-0.3, -0.25) is 0 Å². The lowest BCUT2D eigenvalue weighted by molar-refractivity contribution is 0.430. The van der Waals surface area contributed by atoms with Crippen molar-refractivity contribution in [1.29, 1.82) is 0 Å². The van der Waals surface area contributed by atoms with E-state index in [2.05, 4.69) is 5.92 Å². The molecule has 0 aromatic heterocycles. The van der Waals surface area contributed by atoms with E-state index in [9.17, 15) is 8.42 Å². The van der Waals surface area contributed by atoms with Crippen molar-refractivity contribution in [3.8, 4) is 12.3 Å². The average molecular weight is 292 g/mol. The lowest BCUT2D eigenvalue weighted by Crippen LogP contribution is -2.33. The Bertz CT molecular complexity index is 655. The molecule has 0 aliphatic heterocycles. The zero-order valence-corrected chi connectivity index (χ0v) is 12.7. The van der Waals surface area contributed by atoms with E-state index in [0.717, 1.165) is 24.0 Å². The number of nitrogens with zero attached hydrogens (tertiary/aromatic N) is 1. The molecule has 0 spiro atoms. The highest BCUT2D eigenvalue weighted by atomic mass is 32.2. The zero-order chi connectivity index (χ0) is 14.9. The van der Waals surface area contributed by atoms with Crippen LogP contribution < -0.4 is 5.73 Å². The molecule has 5 heteroatoms. The first-order chi connectivity index (χ1) is 9.36. The lowest BCUT2D eigenvalue weighted by Gasteiger charge is -2.21. The SMILES string of the molecule is C#CCN(CC1CC1)S(=O)(=O)c1cc(C)c(C)cc1N. The van der Waals surface area contributed by atoms with E-state index >= 15 is 0 Å². The largest absolute Gasteiger partial charge is 0.398 e. The van der Waals surface area contributed by atoms with Gasteiger partial charge < -0.3 is 5.73 Å². The lowest BCUT2D eigenvalue weighted by atomic mass is 10.1. The van der Waals surface area contributed by atoms with E-state index in [1.807, 2.05) is 13.8 Å². The quantitative estimate of drug-likeness (QED) is 0.666. The molecule has 1 aromatic rings. The standard InChI is InChI=1S/C15H20N2O2S/c1-4-7-17(10-13-5-6-13)20(18,19)15-9-12(3)11(2)8-14(15)16/h1,8-9,13H,5-7,10,16H2,2-3H3. The number of nitrogens with two attached hydrogens (primary N) is 1. The molecule has 1 fully saturated rings. The Labute approximate surface area is 121 Å². The van der Waals surface area contributed by atoms with Gasteiger partial charge in [-0.1, -0.05) is 5.92 Å². The summed E-state index contributed by atoms with van der Waals surface area (Å²) in [6, 6.07) is 3.34. The monoisotopic (exact) mass is 292 g/mol. The van der Waals surface area contributed by atoms with Crippen LogP contribution in [0.5, 0.6) is 0 Å². The molecule has 0 unspecified atom stereocenters. The second kappa shape index (κ2) is 5.47. The summed E-state index contributed by atoms with van der Waals surface area (Å²) in [5.74, 6) is 2.86. The van der Waals surface area contributed by atoms with Crippen molar-refractivity contribution in [2.45, 2.75) is 31.6 Å². The first-order valence-electron chi connectivity index (χ1n) is 6.66. The number of terminal acetylenes is 1. The molecular weight excluding hydrogens is 272 g/mol. The number of aryl methyl sites for hydroxylation is 2. The van der Waals surface area contributed by atoms with Crippen LogP contribution in [0.2, 0.25) is 0 Å². The molecule has 0 heterocycles. The van der Waals surface area contributed by atoms with Crippen LogP contribution in [-0.4, -0.2) is 25.8 Å². The summed E-state index contributed by atoms with van der Waals surface area (Å²) in [6.45, 7) is 4.36. The van der Waals surface area contributed by atoms with Crippen LogP contribution in [0.3, 0.4) is 0 Å². The minimum atomic E-state index is -3.62. The summed E-state index contributed by atoms with van der Waals surface area (Å²) < 4.78 is 26.8. The molecule has 20 heavy (non-hydrogen) atoms. The Balaban J connectivity index is 2.41. The summed E-state index contributed by atoms with van der Waals surface area (Å²) in [4.78, 5) is 0.163. The fourth-order valence-corrected chi connectivity index (χ4v) is 3.72. The van der Waals surface area contributed by atoms with Crippen LogP contribution in [-0.2, 0) is 10.0 Å². The normalized spacial score (nSPS) is 15.3. The molecule has 0 radical (unpaired) electrons. The minimum Gasteiger partial charge on any atom is -0.398 e. The van der Waals surface area contributed by atoms with Crippen LogP contribution >= 0.6 is 0 Å². The maximum absolute atomic E-state index is 12.7. The number of hydrogen-bond donors (Lipinski definition) is 1. The fraction of sp³-hybridized carbons (Fsp3) is 0.467. The van der Waals surface area contributed by atoms with Crippen LogP contribution in [0.1, 0.15) is 24.0 Å². The van der Waals surface area contributed by atoms with Crippen LogP contribution in [0.25, 0.3) is 0 Å². The molecule has 108 valence electrons. The van der Waals surface area contributed by atoms with E-state index < -0.39 is 10.0 Å². The van der Waals surface area contributed by atoms with Crippen molar-refractivity contribution < 1.29 is 8.42 Å². The van der Waals surface area contributed by atoms with Crippen molar-refractivity contribution in [2.24, 2.45) is 5.92 Å². The summed E-state index contributed by atoms with van der Waals surface area (Å²) in [6.07, 6.45) is 7.44. The molecular formula is C15H20N2O2S. The first kappa shape index (κ1) is 14.9. The average Bonchev–Trinajstić information content (AvgIpc) is 3.17. The molecule has 2 N–H and O–H groups in total. The van der Waals surface area contributed by atoms with E-state index in [4.69, 9.17) is 12.2 Å². The maximum atomic E-state index is 12.7. The van der Waals surface area contributed by atoms with Gasteiger partial charge in [-0.15, -0.1) is 6.42 Å². The van der Waals surface area contributed by atoms with Crippen molar-refractivity contribution in [3.05, 3.63) is 23.3 Å². The topological polar surface area (TPSA) is 63.4 Å². The van der Waals surface area contributed by atoms with Gasteiger partial charge in [-0.2, -0.15) is 4.31 Å². The Morgan fingerprint density at radius 1 is 1.35 bits per heavy atom. The van der Waals surface area contributed by atoms with E-state index in [1.165, 1.54) is 4.31 Å². The summed E-state index contributed by atoms with van der Waals surface area (Å²) in [5, 5.41) is 0. The highest BCUT2D eigenvalue weighted by Gasteiger charge is 2.32. The molecule has 0 saturated heterocycles. The zero-order valence-electron chi connectivity index (χ0n) is 11.9. The number of nitrogen functional groups attached to an aromatic ring is 1. The van der Waals surface area contributed by atoms with E-state index in [1.54, 1.807) is 12.1 Å². The third-order valence-corrected chi connectivity index (χ3v) is 5.54. The second-order valence-corrected chi connectivity index (χ2v) is 7.33. The van der Waals surface area contributed by atoms with Crippen LogP contribution in [0.15, 0.2) is 17.0 Å². The fourth-order valence-electron chi connectivity index (χ4n) is 2.11. The molecule has 0 bridgehead atoms. The number of anilines is 1. The van der Waals surface area contributed by atoms with Gasteiger partial charge in [0.2, 0.25) is 10.0 Å². The third-order valence-electron chi connectivity index (χ3n) is 3.67. The van der Waals surface area contributed by atoms with Crippen molar-refractivity contribution in [3.63, 3.8) is 0 Å². The van der Waals surface area contributed by atoms with Crippen molar-refractivity contribution >= 4 is 15.7 Å². The Morgan fingerprint density at radius 2 is 1.95 bits per heavy atom. The molecule has 0 amide bonds. The van der Waals surface area contributed by atoms with Crippen LogP contribution in [0, 0.1) is 32.1 Å². The van der Waals surface area contributed by atoms with Crippen molar-refractivity contribution in [2.75, 3.05) is 18.8 Å². The van der Waals surface area contributed by atoms with Gasteiger partial charge in [-0.25, -0.2) is 8.42 Å². The second-order valence-electron chi connectivity index (χ2n) is 5.42. The number of hydrogen-bond acceptors (Lipinski definition) is 3. The predicted molar refractivity (Wildman–Crippen MR) is 80.6 cm³/mol. The first-order valence-corrected chi connectivity index (χ1v) is 8.10. The van der Waals surface area contributed by atoms with Gasteiger partial charge >= 0.3 is 0 Å². The predicted octanol–water partition coefficient (Wildman–Crippen LogP) is 1.92. The van der Waals surface area contributed by atoms with Gasteiger partial charge in [0.1, 0.15) is 4.90 Å². The third kappa shape index (κ3) is 2.97. The molecule has 1 aliphatic rings. The van der Waals surface area contributed by atoms with Crippen molar-refractivity contribution in [1.82, 2.24) is 4.31 Å². The van der Waals surface area contributed by atoms with Gasteiger partial charge in [0.15, 0.2) is 0 Å². The van der Waals surface area contributed by atoms with Gasteiger partial charge in [-0.05, 0) is 55.9 Å². The Hall–Kier alpha value is -1.51. The summed E-state index contributed by atoms with van der Waals surface area (Å²) >= 11 is 0. The molecule has 2 rings (SSSR count). The number of sulfonamides is 1. The molecule has 0 atom stereocenters. The summed E-state index contributed by atoms with van der Waals surface area (Å²) in [5.41, 5.74) is 8.07. The number of rotatable bonds is 5. The Morgan fingerprint density at radius 3 is 2.50 bits per heavy atom.